The number of carbonyl (C=O) groups is 2. The van der Waals surface area contributed by atoms with Crippen molar-refractivity contribution in [2.45, 2.75) is 13.2 Å². The van der Waals surface area contributed by atoms with E-state index in [1.165, 1.54) is 12.1 Å². The van der Waals surface area contributed by atoms with Crippen LogP contribution in [0.4, 0.5) is 0 Å². The zero-order chi connectivity index (χ0) is 12.3. The van der Waals surface area contributed by atoms with E-state index in [4.69, 9.17) is 14.2 Å². The molecule has 1 aliphatic rings. The van der Waals surface area contributed by atoms with Gasteiger partial charge in [0, 0.05) is 0 Å². The van der Waals surface area contributed by atoms with Gasteiger partial charge in [0.15, 0.2) is 0 Å². The number of rotatable bonds is 4. The van der Waals surface area contributed by atoms with Crippen LogP contribution in [0.25, 0.3) is 0 Å². The van der Waals surface area contributed by atoms with Gasteiger partial charge in [-0.1, -0.05) is 12.1 Å². The molecule has 5 heteroatoms. The van der Waals surface area contributed by atoms with Gasteiger partial charge in [0.05, 0.1) is 17.7 Å². The van der Waals surface area contributed by atoms with Crippen LogP contribution in [-0.2, 0) is 14.2 Å². The Morgan fingerprint density at radius 3 is 2.41 bits per heavy atom. The van der Waals surface area contributed by atoms with Gasteiger partial charge in [-0.25, -0.2) is 9.59 Å². The van der Waals surface area contributed by atoms with Gasteiger partial charge in [-0.3, -0.25) is 0 Å². The monoisotopic (exact) mass is 236 g/mol. The normalized spacial score (nSPS) is 17.4. The molecule has 1 unspecified atom stereocenters. The molecule has 1 aromatic carbocycles. The highest BCUT2D eigenvalue weighted by Crippen LogP contribution is 2.17. The summed E-state index contributed by atoms with van der Waals surface area (Å²) >= 11 is 0. The van der Waals surface area contributed by atoms with Gasteiger partial charge in [-0.15, -0.1) is 0 Å². The number of epoxide rings is 1. The Morgan fingerprint density at radius 2 is 1.88 bits per heavy atom. The first kappa shape index (κ1) is 11.6. The Balaban J connectivity index is 2.19. The molecule has 0 saturated carbocycles. The highest BCUT2D eigenvalue weighted by molar-refractivity contribution is 6.03. The Labute approximate surface area is 98.3 Å². The average molecular weight is 236 g/mol. The molecule has 1 aromatic rings. The lowest BCUT2D eigenvalue weighted by Crippen LogP contribution is -2.14. The predicted octanol–water partition coefficient (Wildman–Crippen LogP) is 1.38. The van der Waals surface area contributed by atoms with Crippen molar-refractivity contribution in [1.29, 1.82) is 0 Å². The van der Waals surface area contributed by atoms with E-state index < -0.39 is 18.2 Å². The summed E-state index contributed by atoms with van der Waals surface area (Å²) in [5.74, 6) is -1.10. The van der Waals surface area contributed by atoms with E-state index in [0.717, 1.165) is 0 Å². The molecule has 0 radical (unpaired) electrons. The largest absolute Gasteiger partial charge is 0.462 e. The van der Waals surface area contributed by atoms with Crippen LogP contribution in [0.5, 0.6) is 0 Å². The Hall–Kier alpha value is -1.88. The standard InChI is InChI=1S/C12H12O5/c1-2-15-11(13)8-5-3-4-6-9(8)12(14)17-10-7-16-10/h3-6,10H,2,7H2,1H3. The third-order valence-electron chi connectivity index (χ3n) is 2.18. The number of hydrogen-bond acceptors (Lipinski definition) is 5. The van der Waals surface area contributed by atoms with Crippen molar-refractivity contribution in [2.75, 3.05) is 13.2 Å². The van der Waals surface area contributed by atoms with E-state index in [1.807, 2.05) is 0 Å². The fourth-order valence-corrected chi connectivity index (χ4v) is 1.34. The fourth-order valence-electron chi connectivity index (χ4n) is 1.34. The molecular weight excluding hydrogens is 224 g/mol. The molecule has 90 valence electrons. The number of esters is 2. The second-order valence-electron chi connectivity index (χ2n) is 3.43. The van der Waals surface area contributed by atoms with Crippen LogP contribution < -0.4 is 0 Å². The first-order valence-electron chi connectivity index (χ1n) is 5.31. The fraction of sp³-hybridized carbons (Fsp3) is 0.333. The van der Waals surface area contributed by atoms with Crippen molar-refractivity contribution in [1.82, 2.24) is 0 Å². The van der Waals surface area contributed by atoms with Crippen LogP contribution >= 0.6 is 0 Å². The molecule has 1 fully saturated rings. The molecule has 5 nitrogen and oxygen atoms in total. The van der Waals surface area contributed by atoms with Crippen LogP contribution in [0.15, 0.2) is 24.3 Å². The minimum absolute atomic E-state index is 0.196. The zero-order valence-electron chi connectivity index (χ0n) is 9.34. The second kappa shape index (κ2) is 4.97. The molecule has 0 aliphatic carbocycles. The van der Waals surface area contributed by atoms with E-state index in [0.29, 0.717) is 6.61 Å². The maximum atomic E-state index is 11.7. The SMILES string of the molecule is CCOC(=O)c1ccccc1C(=O)OC1CO1. The molecule has 0 amide bonds. The number of carbonyl (C=O) groups excluding carboxylic acids is 2. The van der Waals surface area contributed by atoms with Crippen LogP contribution in [-0.4, -0.2) is 31.4 Å². The van der Waals surface area contributed by atoms with Gasteiger partial charge in [0.25, 0.3) is 0 Å². The number of hydrogen-bond donors (Lipinski definition) is 0. The highest BCUT2D eigenvalue weighted by Gasteiger charge is 2.29. The molecular formula is C12H12O5. The molecule has 0 bridgehead atoms. The van der Waals surface area contributed by atoms with E-state index in [9.17, 15) is 9.59 Å². The summed E-state index contributed by atoms with van der Waals surface area (Å²) in [6.07, 6.45) is -0.474. The molecule has 1 saturated heterocycles. The third kappa shape index (κ3) is 2.82. The summed E-state index contributed by atoms with van der Waals surface area (Å²) in [4.78, 5) is 23.3. The lowest BCUT2D eigenvalue weighted by Gasteiger charge is -2.07. The van der Waals surface area contributed by atoms with Gasteiger partial charge in [0.2, 0.25) is 6.29 Å². The zero-order valence-corrected chi connectivity index (χ0v) is 9.34. The quantitative estimate of drug-likeness (QED) is 0.583. The smallest absolute Gasteiger partial charge is 0.341 e. The summed E-state index contributed by atoms with van der Waals surface area (Å²) in [5, 5.41) is 0. The minimum Gasteiger partial charge on any atom is -0.462 e. The van der Waals surface area contributed by atoms with Crippen molar-refractivity contribution < 1.29 is 23.8 Å². The summed E-state index contributed by atoms with van der Waals surface area (Å²) in [7, 11) is 0. The Bertz CT molecular complexity index is 436. The van der Waals surface area contributed by atoms with Gasteiger partial charge < -0.3 is 14.2 Å². The first-order valence-corrected chi connectivity index (χ1v) is 5.31. The highest BCUT2D eigenvalue weighted by atomic mass is 16.8. The molecule has 1 heterocycles. The molecule has 1 atom stereocenters. The number of benzene rings is 1. The summed E-state index contributed by atoms with van der Waals surface area (Å²) < 4.78 is 14.6. The Kier molecular flexibility index (Phi) is 3.39. The van der Waals surface area contributed by atoms with Gasteiger partial charge >= 0.3 is 11.9 Å². The molecule has 2 rings (SSSR count). The van der Waals surface area contributed by atoms with Crippen molar-refractivity contribution in [3.8, 4) is 0 Å². The van der Waals surface area contributed by atoms with Crippen LogP contribution in [0.3, 0.4) is 0 Å². The molecule has 0 aromatic heterocycles. The van der Waals surface area contributed by atoms with Crippen LogP contribution in [0.2, 0.25) is 0 Å². The number of ether oxygens (including phenoxy) is 3. The van der Waals surface area contributed by atoms with Gasteiger partial charge in [-0.2, -0.15) is 0 Å². The van der Waals surface area contributed by atoms with E-state index >= 15 is 0 Å². The van der Waals surface area contributed by atoms with Crippen LogP contribution in [0.1, 0.15) is 27.6 Å². The lowest BCUT2D eigenvalue weighted by molar-refractivity contribution is 0.0287. The van der Waals surface area contributed by atoms with Crippen LogP contribution in [0, 0.1) is 0 Å². The predicted molar refractivity (Wildman–Crippen MR) is 57.6 cm³/mol. The lowest BCUT2D eigenvalue weighted by atomic mass is 10.1. The summed E-state index contributed by atoms with van der Waals surface area (Å²) in [5.41, 5.74) is 0.404. The van der Waals surface area contributed by atoms with Crippen molar-refractivity contribution in [3.63, 3.8) is 0 Å². The molecule has 17 heavy (non-hydrogen) atoms. The van der Waals surface area contributed by atoms with Crippen molar-refractivity contribution in [2.24, 2.45) is 0 Å². The molecule has 0 spiro atoms. The van der Waals surface area contributed by atoms with Gasteiger partial charge in [0.1, 0.15) is 6.61 Å². The summed E-state index contributed by atoms with van der Waals surface area (Å²) in [6.45, 7) is 2.37. The second-order valence-corrected chi connectivity index (χ2v) is 3.43. The van der Waals surface area contributed by atoms with E-state index in [1.54, 1.807) is 19.1 Å². The van der Waals surface area contributed by atoms with E-state index in [2.05, 4.69) is 0 Å². The maximum Gasteiger partial charge on any atom is 0.341 e. The first-order chi connectivity index (χ1) is 8.22. The maximum absolute atomic E-state index is 11.7. The minimum atomic E-state index is -0.573. The topological polar surface area (TPSA) is 65.1 Å². The van der Waals surface area contributed by atoms with E-state index in [-0.39, 0.29) is 17.7 Å². The third-order valence-corrected chi connectivity index (χ3v) is 2.18. The average Bonchev–Trinajstić information content (AvgIpc) is 3.13. The summed E-state index contributed by atoms with van der Waals surface area (Å²) in [6, 6.07) is 6.38. The Morgan fingerprint density at radius 1 is 1.29 bits per heavy atom. The van der Waals surface area contributed by atoms with Crippen molar-refractivity contribution >= 4 is 11.9 Å². The molecule has 1 aliphatic heterocycles. The van der Waals surface area contributed by atoms with Gasteiger partial charge in [-0.05, 0) is 19.1 Å². The molecule has 0 N–H and O–H groups in total. The van der Waals surface area contributed by atoms with Crippen molar-refractivity contribution in [3.05, 3.63) is 35.4 Å².